The van der Waals surface area contributed by atoms with Crippen LogP contribution in [0.3, 0.4) is 0 Å². The van der Waals surface area contributed by atoms with Crippen molar-refractivity contribution in [1.29, 1.82) is 0 Å². The minimum atomic E-state index is -0.255. The molecule has 3 heteroatoms. The van der Waals surface area contributed by atoms with E-state index in [1.807, 2.05) is 0 Å². The van der Waals surface area contributed by atoms with Crippen LogP contribution in [-0.4, -0.2) is 33.6 Å². The molecule has 0 amide bonds. The van der Waals surface area contributed by atoms with Gasteiger partial charge in [0.15, 0.2) is 0 Å². The quantitative estimate of drug-likeness (QED) is 0.645. The van der Waals surface area contributed by atoms with E-state index in [4.69, 9.17) is 0 Å². The first-order chi connectivity index (χ1) is 13.2. The van der Waals surface area contributed by atoms with Gasteiger partial charge in [0.05, 0.1) is 18.3 Å². The summed E-state index contributed by atoms with van der Waals surface area (Å²) in [7, 11) is 0. The lowest BCUT2D eigenvalue weighted by Gasteiger charge is -2.63. The molecule has 11 atom stereocenters. The Morgan fingerprint density at radius 2 is 1.71 bits per heavy atom. The van der Waals surface area contributed by atoms with E-state index in [2.05, 4.69) is 27.7 Å². The maximum Gasteiger partial charge on any atom is 0.0602 e. The predicted molar refractivity (Wildman–Crippen MR) is 113 cm³/mol. The van der Waals surface area contributed by atoms with Crippen molar-refractivity contribution >= 4 is 0 Å². The number of hydrogen-bond donors (Lipinski definition) is 3. The van der Waals surface area contributed by atoms with Crippen molar-refractivity contribution in [1.82, 2.24) is 0 Å². The molecule has 3 nitrogen and oxygen atoms in total. The summed E-state index contributed by atoms with van der Waals surface area (Å²) < 4.78 is 0. The SMILES string of the molecule is CCCC[C@@H](C)[C@H]1CCC2C3C(O)C[C@@H]4C[C@H](O)CC[C@]4(C)C3C[C@H](O)[C@@]21C. The van der Waals surface area contributed by atoms with E-state index < -0.39 is 0 Å². The fraction of sp³-hybridized carbons (Fsp3) is 1.00. The topological polar surface area (TPSA) is 60.7 Å². The van der Waals surface area contributed by atoms with Gasteiger partial charge in [0.2, 0.25) is 0 Å². The highest BCUT2D eigenvalue weighted by Gasteiger charge is 2.65. The van der Waals surface area contributed by atoms with Gasteiger partial charge in [-0.25, -0.2) is 0 Å². The standard InChI is InChI=1S/C25H44O3/c1-5-6-7-15(2)18-8-9-19-23-20(14-22(28)25(18,19)4)24(3)11-10-17(26)12-16(24)13-21(23)27/h15-23,26-28H,5-14H2,1-4H3/t15-,16+,17-,18-,19?,20?,21?,22+,23?,24+,25-/m1/s1. The number of rotatable bonds is 4. The van der Waals surface area contributed by atoms with Crippen LogP contribution in [-0.2, 0) is 0 Å². The maximum absolute atomic E-state index is 11.5. The molecule has 0 heterocycles. The molecular weight excluding hydrogens is 348 g/mol. The normalized spacial score (nSPS) is 54.5. The molecule has 0 aliphatic heterocycles. The molecule has 4 aliphatic carbocycles. The van der Waals surface area contributed by atoms with Crippen molar-refractivity contribution in [3.05, 3.63) is 0 Å². The molecular formula is C25H44O3. The molecule has 0 spiro atoms. The van der Waals surface area contributed by atoms with Crippen LogP contribution in [0.25, 0.3) is 0 Å². The molecule has 4 rings (SSSR count). The summed E-state index contributed by atoms with van der Waals surface area (Å²) in [6.07, 6.45) is 9.99. The van der Waals surface area contributed by atoms with Gasteiger partial charge in [-0.3, -0.25) is 0 Å². The largest absolute Gasteiger partial charge is 0.393 e. The van der Waals surface area contributed by atoms with E-state index in [9.17, 15) is 15.3 Å². The Balaban J connectivity index is 1.62. The van der Waals surface area contributed by atoms with Gasteiger partial charge < -0.3 is 15.3 Å². The molecule has 4 aliphatic rings. The molecule has 0 radical (unpaired) electrons. The Hall–Kier alpha value is -0.120. The zero-order valence-electron chi connectivity index (χ0n) is 18.6. The lowest BCUT2D eigenvalue weighted by atomic mass is 9.43. The molecule has 4 unspecified atom stereocenters. The molecule has 28 heavy (non-hydrogen) atoms. The lowest BCUT2D eigenvalue weighted by Crippen LogP contribution is -2.62. The van der Waals surface area contributed by atoms with Gasteiger partial charge in [-0.2, -0.15) is 0 Å². The Bertz CT molecular complexity index is 564. The molecule has 0 aromatic heterocycles. The average Bonchev–Trinajstić information content (AvgIpc) is 3.01. The zero-order valence-corrected chi connectivity index (χ0v) is 18.6. The van der Waals surface area contributed by atoms with E-state index in [0.29, 0.717) is 35.5 Å². The molecule has 162 valence electrons. The first-order valence-corrected chi connectivity index (χ1v) is 12.3. The van der Waals surface area contributed by atoms with E-state index in [0.717, 1.165) is 32.1 Å². The van der Waals surface area contributed by atoms with Crippen molar-refractivity contribution in [2.45, 2.75) is 110 Å². The lowest BCUT2D eigenvalue weighted by molar-refractivity contribution is -0.207. The summed E-state index contributed by atoms with van der Waals surface area (Å²) >= 11 is 0. The van der Waals surface area contributed by atoms with Crippen LogP contribution in [0.5, 0.6) is 0 Å². The predicted octanol–water partition coefficient (Wildman–Crippen LogP) is 4.77. The number of aliphatic hydroxyl groups is 3. The van der Waals surface area contributed by atoms with Gasteiger partial charge >= 0.3 is 0 Å². The van der Waals surface area contributed by atoms with Crippen molar-refractivity contribution in [3.8, 4) is 0 Å². The molecule has 4 fully saturated rings. The van der Waals surface area contributed by atoms with Gasteiger partial charge in [0.1, 0.15) is 0 Å². The van der Waals surface area contributed by atoms with E-state index in [1.54, 1.807) is 0 Å². The monoisotopic (exact) mass is 392 g/mol. The van der Waals surface area contributed by atoms with Crippen molar-refractivity contribution < 1.29 is 15.3 Å². The first-order valence-electron chi connectivity index (χ1n) is 12.3. The van der Waals surface area contributed by atoms with Crippen LogP contribution < -0.4 is 0 Å². The Morgan fingerprint density at radius 1 is 0.964 bits per heavy atom. The van der Waals surface area contributed by atoms with Gasteiger partial charge in [0, 0.05) is 0 Å². The number of unbranched alkanes of at least 4 members (excludes halogenated alkanes) is 1. The third kappa shape index (κ3) is 3.02. The van der Waals surface area contributed by atoms with E-state index >= 15 is 0 Å². The van der Waals surface area contributed by atoms with Crippen LogP contribution in [0, 0.1) is 46.3 Å². The summed E-state index contributed by atoms with van der Waals surface area (Å²) in [6, 6.07) is 0. The fourth-order valence-corrected chi connectivity index (χ4v) is 8.86. The smallest absolute Gasteiger partial charge is 0.0602 e. The second-order valence-corrected chi connectivity index (χ2v) is 11.6. The van der Waals surface area contributed by atoms with Gasteiger partial charge in [-0.15, -0.1) is 0 Å². The maximum atomic E-state index is 11.5. The minimum absolute atomic E-state index is 0.0350. The average molecular weight is 393 g/mol. The second-order valence-electron chi connectivity index (χ2n) is 11.6. The molecule has 0 saturated heterocycles. The molecule has 4 saturated carbocycles. The van der Waals surface area contributed by atoms with E-state index in [-0.39, 0.29) is 29.1 Å². The Kier molecular flexibility index (Phi) is 5.69. The summed E-state index contributed by atoms with van der Waals surface area (Å²) in [5, 5.41) is 33.1. The first kappa shape index (κ1) is 21.1. The highest BCUT2D eigenvalue weighted by molar-refractivity contribution is 5.14. The van der Waals surface area contributed by atoms with Crippen LogP contribution >= 0.6 is 0 Å². The zero-order chi connectivity index (χ0) is 20.3. The van der Waals surface area contributed by atoms with Gasteiger partial charge in [-0.1, -0.05) is 47.0 Å². The van der Waals surface area contributed by atoms with Crippen LogP contribution in [0.2, 0.25) is 0 Å². The van der Waals surface area contributed by atoms with Gasteiger partial charge in [0.25, 0.3) is 0 Å². The fourth-order valence-electron chi connectivity index (χ4n) is 8.86. The van der Waals surface area contributed by atoms with Crippen molar-refractivity contribution in [3.63, 3.8) is 0 Å². The molecule has 3 N–H and O–H groups in total. The number of aliphatic hydroxyl groups excluding tert-OH is 3. The highest BCUT2D eigenvalue weighted by Crippen LogP contribution is 2.68. The van der Waals surface area contributed by atoms with Crippen LogP contribution in [0.4, 0.5) is 0 Å². The second kappa shape index (κ2) is 7.54. The van der Waals surface area contributed by atoms with E-state index in [1.165, 1.54) is 32.1 Å². The summed E-state index contributed by atoms with van der Waals surface area (Å²) in [4.78, 5) is 0. The summed E-state index contributed by atoms with van der Waals surface area (Å²) in [6.45, 7) is 9.45. The third-order valence-electron chi connectivity index (χ3n) is 10.5. The molecule has 0 aromatic rings. The van der Waals surface area contributed by atoms with Crippen LogP contribution in [0.1, 0.15) is 91.9 Å². The summed E-state index contributed by atoms with van der Waals surface area (Å²) in [5.41, 5.74) is 0.143. The Labute approximate surface area is 172 Å². The van der Waals surface area contributed by atoms with Crippen molar-refractivity contribution in [2.75, 3.05) is 0 Å². The highest BCUT2D eigenvalue weighted by atomic mass is 16.3. The minimum Gasteiger partial charge on any atom is -0.393 e. The molecule has 0 bridgehead atoms. The third-order valence-corrected chi connectivity index (χ3v) is 10.5. The van der Waals surface area contributed by atoms with Crippen LogP contribution in [0.15, 0.2) is 0 Å². The Morgan fingerprint density at radius 3 is 2.43 bits per heavy atom. The molecule has 0 aromatic carbocycles. The van der Waals surface area contributed by atoms with Gasteiger partial charge in [-0.05, 0) is 91.3 Å². The number of hydrogen-bond acceptors (Lipinski definition) is 3. The van der Waals surface area contributed by atoms with Crippen molar-refractivity contribution in [2.24, 2.45) is 46.3 Å². The number of fused-ring (bicyclic) bond motifs is 5. The summed E-state index contributed by atoms with van der Waals surface area (Å²) in [5.74, 6) is 2.86.